The van der Waals surface area contributed by atoms with E-state index in [1.165, 1.54) is 0 Å². The van der Waals surface area contributed by atoms with Gasteiger partial charge in [0.05, 0.1) is 0 Å². The Balaban J connectivity index is 2.47. The predicted molar refractivity (Wildman–Crippen MR) is 57.2 cm³/mol. The van der Waals surface area contributed by atoms with Crippen LogP contribution in [0.25, 0.3) is 0 Å². The van der Waals surface area contributed by atoms with E-state index in [9.17, 15) is 0 Å². The summed E-state index contributed by atoms with van der Waals surface area (Å²) < 4.78 is 5.02. The van der Waals surface area contributed by atoms with E-state index in [2.05, 4.69) is 37.8 Å². The van der Waals surface area contributed by atoms with Gasteiger partial charge < -0.3 is 9.63 Å². The maximum absolute atomic E-state index is 8.79. The number of aliphatic hydroxyl groups is 1. The molecule has 1 aromatic rings. The lowest BCUT2D eigenvalue weighted by molar-refractivity contribution is 0.260. The average molecular weight is 212 g/mol. The summed E-state index contributed by atoms with van der Waals surface area (Å²) in [5.74, 6) is 1.50. The summed E-state index contributed by atoms with van der Waals surface area (Å²) in [6, 6.07) is 0. The van der Waals surface area contributed by atoms with Crippen LogP contribution in [0.1, 0.15) is 45.8 Å². The molecule has 4 heteroatoms. The Hall–Kier alpha value is -0.900. The van der Waals surface area contributed by atoms with Crippen molar-refractivity contribution in [3.63, 3.8) is 0 Å². The number of hydrogen-bond acceptors (Lipinski definition) is 4. The van der Waals surface area contributed by atoms with Gasteiger partial charge in [-0.15, -0.1) is 0 Å². The third kappa shape index (κ3) is 4.42. The number of hydrogen-bond donors (Lipinski definition) is 1. The largest absolute Gasteiger partial charge is 0.388 e. The van der Waals surface area contributed by atoms with Crippen LogP contribution < -0.4 is 0 Å². The van der Waals surface area contributed by atoms with Crippen LogP contribution in [0.5, 0.6) is 0 Å². The molecule has 0 bridgehead atoms. The quantitative estimate of drug-likeness (QED) is 0.831. The molecule has 1 heterocycles. The highest BCUT2D eigenvalue weighted by molar-refractivity contribution is 4.86. The summed E-state index contributed by atoms with van der Waals surface area (Å²) in [5, 5.41) is 12.4. The number of nitrogens with zero attached hydrogens (tertiary/aromatic N) is 2. The minimum atomic E-state index is -0.156. The maximum Gasteiger partial charge on any atom is 0.226 e. The fourth-order valence-electron chi connectivity index (χ4n) is 1.85. The van der Waals surface area contributed by atoms with E-state index in [1.807, 2.05) is 0 Å². The summed E-state index contributed by atoms with van der Waals surface area (Å²) in [5.41, 5.74) is 0.319. The molecular weight excluding hydrogens is 192 g/mol. The molecule has 0 amide bonds. The van der Waals surface area contributed by atoms with Gasteiger partial charge in [0.1, 0.15) is 6.61 Å². The van der Waals surface area contributed by atoms with Crippen molar-refractivity contribution < 1.29 is 9.63 Å². The van der Waals surface area contributed by atoms with Gasteiger partial charge in [0.15, 0.2) is 5.82 Å². The topological polar surface area (TPSA) is 59.2 Å². The molecule has 1 rings (SSSR count). The van der Waals surface area contributed by atoms with Gasteiger partial charge in [-0.05, 0) is 17.8 Å². The summed E-state index contributed by atoms with van der Waals surface area (Å²) in [7, 11) is 0. The fourth-order valence-corrected chi connectivity index (χ4v) is 1.85. The van der Waals surface area contributed by atoms with Crippen LogP contribution >= 0.6 is 0 Å². The van der Waals surface area contributed by atoms with Crippen LogP contribution in [-0.4, -0.2) is 15.2 Å². The Labute approximate surface area is 90.7 Å². The first-order chi connectivity index (χ1) is 6.90. The zero-order valence-electron chi connectivity index (χ0n) is 9.95. The second-order valence-electron chi connectivity index (χ2n) is 5.34. The Bertz CT molecular complexity index is 302. The number of rotatable bonds is 4. The molecule has 0 aromatic carbocycles. The predicted octanol–water partition coefficient (Wildman–Crippen LogP) is 2.18. The molecule has 4 nitrogen and oxygen atoms in total. The average Bonchev–Trinajstić information content (AvgIpc) is 2.48. The van der Waals surface area contributed by atoms with Gasteiger partial charge in [0.2, 0.25) is 5.89 Å². The maximum atomic E-state index is 8.79. The van der Waals surface area contributed by atoms with Gasteiger partial charge in [-0.25, -0.2) is 0 Å². The number of aromatic nitrogens is 2. The van der Waals surface area contributed by atoms with Crippen LogP contribution in [0.15, 0.2) is 4.52 Å². The van der Waals surface area contributed by atoms with E-state index in [-0.39, 0.29) is 6.61 Å². The van der Waals surface area contributed by atoms with Crippen LogP contribution in [0, 0.1) is 11.3 Å². The summed E-state index contributed by atoms with van der Waals surface area (Å²) in [6.45, 7) is 8.68. The first kappa shape index (κ1) is 12.2. The second-order valence-corrected chi connectivity index (χ2v) is 5.34. The SMILES string of the molecule is CC(Cc1nc(CO)no1)CC(C)(C)C. The Kier molecular flexibility index (Phi) is 3.85. The third-order valence-corrected chi connectivity index (χ3v) is 2.14. The van der Waals surface area contributed by atoms with Crippen LogP contribution in [0.4, 0.5) is 0 Å². The van der Waals surface area contributed by atoms with Crippen molar-refractivity contribution in [3.8, 4) is 0 Å². The van der Waals surface area contributed by atoms with Gasteiger partial charge in [0, 0.05) is 6.42 Å². The van der Waals surface area contributed by atoms with Crippen molar-refractivity contribution in [1.29, 1.82) is 0 Å². The summed E-state index contributed by atoms with van der Waals surface area (Å²) in [4.78, 5) is 4.07. The van der Waals surface area contributed by atoms with Crippen molar-refractivity contribution >= 4 is 0 Å². The molecule has 0 saturated heterocycles. The lowest BCUT2D eigenvalue weighted by atomic mass is 9.84. The highest BCUT2D eigenvalue weighted by atomic mass is 16.5. The van der Waals surface area contributed by atoms with Crippen molar-refractivity contribution in [1.82, 2.24) is 10.1 Å². The lowest BCUT2D eigenvalue weighted by Crippen LogP contribution is -2.12. The first-order valence-electron chi connectivity index (χ1n) is 5.33. The molecule has 1 aromatic heterocycles. The minimum Gasteiger partial charge on any atom is -0.388 e. The second kappa shape index (κ2) is 4.75. The molecule has 86 valence electrons. The molecule has 0 aliphatic heterocycles. The summed E-state index contributed by atoms with van der Waals surface area (Å²) >= 11 is 0. The molecule has 0 aliphatic carbocycles. The molecule has 0 spiro atoms. The highest BCUT2D eigenvalue weighted by Gasteiger charge is 2.17. The Morgan fingerprint density at radius 1 is 1.40 bits per heavy atom. The summed E-state index contributed by atoms with van der Waals surface area (Å²) in [6.07, 6.45) is 1.90. The van der Waals surface area contributed by atoms with Crippen molar-refractivity contribution in [3.05, 3.63) is 11.7 Å². The molecule has 1 unspecified atom stereocenters. The van der Waals surface area contributed by atoms with Crippen LogP contribution in [0.2, 0.25) is 0 Å². The fraction of sp³-hybridized carbons (Fsp3) is 0.818. The van der Waals surface area contributed by atoms with E-state index in [0.29, 0.717) is 23.0 Å². The first-order valence-corrected chi connectivity index (χ1v) is 5.33. The van der Waals surface area contributed by atoms with Gasteiger partial charge in [-0.3, -0.25) is 0 Å². The minimum absolute atomic E-state index is 0.156. The molecule has 15 heavy (non-hydrogen) atoms. The van der Waals surface area contributed by atoms with Gasteiger partial charge in [-0.1, -0.05) is 32.9 Å². The number of aliphatic hydroxyl groups excluding tert-OH is 1. The van der Waals surface area contributed by atoms with Crippen LogP contribution in [-0.2, 0) is 13.0 Å². The van der Waals surface area contributed by atoms with E-state index in [4.69, 9.17) is 9.63 Å². The zero-order valence-corrected chi connectivity index (χ0v) is 9.95. The van der Waals surface area contributed by atoms with E-state index < -0.39 is 0 Å². The Morgan fingerprint density at radius 2 is 2.07 bits per heavy atom. The van der Waals surface area contributed by atoms with Crippen molar-refractivity contribution in [2.75, 3.05) is 0 Å². The van der Waals surface area contributed by atoms with Gasteiger partial charge >= 0.3 is 0 Å². The van der Waals surface area contributed by atoms with Gasteiger partial charge in [-0.2, -0.15) is 4.98 Å². The van der Waals surface area contributed by atoms with Gasteiger partial charge in [0.25, 0.3) is 0 Å². The Morgan fingerprint density at radius 3 is 2.53 bits per heavy atom. The molecule has 1 N–H and O–H groups in total. The van der Waals surface area contributed by atoms with Crippen LogP contribution in [0.3, 0.4) is 0 Å². The molecule has 0 saturated carbocycles. The molecule has 0 aliphatic rings. The van der Waals surface area contributed by atoms with E-state index >= 15 is 0 Å². The van der Waals surface area contributed by atoms with E-state index in [1.54, 1.807) is 0 Å². The molecule has 0 fully saturated rings. The normalized spacial score (nSPS) is 14.2. The lowest BCUT2D eigenvalue weighted by Gasteiger charge is -2.21. The monoisotopic (exact) mass is 212 g/mol. The van der Waals surface area contributed by atoms with Crippen molar-refractivity contribution in [2.45, 2.75) is 47.1 Å². The highest BCUT2D eigenvalue weighted by Crippen LogP contribution is 2.25. The van der Waals surface area contributed by atoms with Crippen molar-refractivity contribution in [2.24, 2.45) is 11.3 Å². The molecule has 1 atom stereocenters. The molecular formula is C11H20N2O2. The smallest absolute Gasteiger partial charge is 0.226 e. The zero-order chi connectivity index (χ0) is 11.5. The molecule has 0 radical (unpaired) electrons. The standard InChI is InChI=1S/C11H20N2O2/c1-8(6-11(2,3)4)5-10-12-9(7-14)13-15-10/h8,14H,5-7H2,1-4H3. The third-order valence-electron chi connectivity index (χ3n) is 2.14. The van der Waals surface area contributed by atoms with E-state index in [0.717, 1.165) is 12.8 Å².